The highest BCUT2D eigenvalue weighted by Crippen LogP contribution is 2.21. The van der Waals surface area contributed by atoms with Gasteiger partial charge in [-0.05, 0) is 31.2 Å². The number of pyridine rings is 1. The number of carbonyl (C=O) groups excluding carboxylic acids is 1. The zero-order valence-corrected chi connectivity index (χ0v) is 11.3. The average molecular weight is 269 g/mol. The molecule has 5 heteroatoms. The minimum absolute atomic E-state index is 0.157. The molecule has 2 aromatic rings. The number of nitrogen functional groups attached to an aromatic ring is 1. The van der Waals surface area contributed by atoms with E-state index in [1.165, 1.54) is 13.3 Å². The molecule has 0 spiro atoms. The van der Waals surface area contributed by atoms with E-state index < -0.39 is 5.78 Å². The van der Waals surface area contributed by atoms with Crippen molar-refractivity contribution in [2.24, 2.45) is 0 Å². The van der Waals surface area contributed by atoms with Crippen molar-refractivity contribution >= 4 is 17.2 Å². The van der Waals surface area contributed by atoms with Gasteiger partial charge < -0.3 is 10.5 Å². The number of rotatable bonds is 4. The van der Waals surface area contributed by atoms with Gasteiger partial charge in [0.1, 0.15) is 11.5 Å². The molecule has 2 rings (SSSR count). The Kier molecular flexibility index (Phi) is 3.79. The number of Topliss-reactive ketones (excluding diaryl/α,β-unsaturated/α-hetero) is 1. The highest BCUT2D eigenvalue weighted by Gasteiger charge is 2.17. The molecule has 20 heavy (non-hydrogen) atoms. The summed E-state index contributed by atoms with van der Waals surface area (Å²) in [5.74, 6) is 0.179. The number of aryl methyl sites for hydroxylation is 1. The molecule has 102 valence electrons. The molecule has 0 saturated heterocycles. The van der Waals surface area contributed by atoms with E-state index in [0.29, 0.717) is 22.6 Å². The molecule has 1 heterocycles. The largest absolute Gasteiger partial charge is 0.497 e. The molecule has 0 bridgehead atoms. The number of nitrogens with one attached hydrogen (secondary N) is 1. The minimum atomic E-state index is -0.408. The molecule has 5 nitrogen and oxygen atoms in total. The van der Waals surface area contributed by atoms with Crippen molar-refractivity contribution in [2.45, 2.75) is 6.92 Å². The fourth-order valence-corrected chi connectivity index (χ4v) is 1.76. The number of hydrogen-bond donors (Lipinski definition) is 2. The molecule has 0 radical (unpaired) electrons. The maximum absolute atomic E-state index is 12.2. The van der Waals surface area contributed by atoms with Gasteiger partial charge in [0.05, 0.1) is 7.11 Å². The van der Waals surface area contributed by atoms with Gasteiger partial charge in [0, 0.05) is 34.8 Å². The Labute approximate surface area is 116 Å². The Morgan fingerprint density at radius 3 is 2.60 bits per heavy atom. The van der Waals surface area contributed by atoms with Gasteiger partial charge in [-0.3, -0.25) is 15.2 Å². The van der Waals surface area contributed by atoms with E-state index in [4.69, 9.17) is 15.9 Å². The van der Waals surface area contributed by atoms with Crippen LogP contribution in [0.5, 0.6) is 5.75 Å². The number of aromatic nitrogens is 1. The summed E-state index contributed by atoms with van der Waals surface area (Å²) in [6.07, 6.45) is 1.46. The van der Waals surface area contributed by atoms with Gasteiger partial charge in [-0.2, -0.15) is 0 Å². The smallest absolute Gasteiger partial charge is 0.212 e. The van der Waals surface area contributed by atoms with Crippen LogP contribution >= 0.6 is 0 Å². The fourth-order valence-electron chi connectivity index (χ4n) is 1.76. The van der Waals surface area contributed by atoms with E-state index in [2.05, 4.69) is 4.98 Å². The second kappa shape index (κ2) is 5.52. The summed E-state index contributed by atoms with van der Waals surface area (Å²) < 4.78 is 5.04. The summed E-state index contributed by atoms with van der Waals surface area (Å²) in [5, 5.41) is 8.00. The average Bonchev–Trinajstić information content (AvgIpc) is 2.46. The lowest BCUT2D eigenvalue weighted by Crippen LogP contribution is -2.16. The van der Waals surface area contributed by atoms with E-state index in [-0.39, 0.29) is 5.71 Å². The monoisotopic (exact) mass is 269 g/mol. The van der Waals surface area contributed by atoms with Crippen molar-refractivity contribution in [3.05, 3.63) is 53.3 Å². The summed E-state index contributed by atoms with van der Waals surface area (Å²) in [4.78, 5) is 16.3. The highest BCUT2D eigenvalue weighted by molar-refractivity contribution is 6.51. The quantitative estimate of drug-likeness (QED) is 0.506. The van der Waals surface area contributed by atoms with Crippen LogP contribution in [0.15, 0.2) is 36.5 Å². The van der Waals surface area contributed by atoms with Gasteiger partial charge in [-0.15, -0.1) is 0 Å². The highest BCUT2D eigenvalue weighted by atomic mass is 16.5. The molecule has 0 atom stereocenters. The van der Waals surface area contributed by atoms with E-state index >= 15 is 0 Å². The second-order valence-electron chi connectivity index (χ2n) is 4.35. The molecule has 1 aromatic carbocycles. The summed E-state index contributed by atoms with van der Waals surface area (Å²) in [6.45, 7) is 1.83. The van der Waals surface area contributed by atoms with Gasteiger partial charge in [0.15, 0.2) is 0 Å². The van der Waals surface area contributed by atoms with Crippen LogP contribution in [-0.2, 0) is 0 Å². The van der Waals surface area contributed by atoms with Crippen LogP contribution < -0.4 is 10.5 Å². The third kappa shape index (κ3) is 2.66. The minimum Gasteiger partial charge on any atom is -0.497 e. The maximum atomic E-state index is 12.2. The summed E-state index contributed by atoms with van der Waals surface area (Å²) >= 11 is 0. The van der Waals surface area contributed by atoms with Crippen LogP contribution in [0.4, 0.5) is 5.69 Å². The molecular weight excluding hydrogens is 254 g/mol. The fraction of sp³-hybridized carbons (Fsp3) is 0.133. The van der Waals surface area contributed by atoms with E-state index in [9.17, 15) is 4.79 Å². The maximum Gasteiger partial charge on any atom is 0.212 e. The lowest BCUT2D eigenvalue weighted by Gasteiger charge is -2.08. The Morgan fingerprint density at radius 1 is 1.30 bits per heavy atom. The van der Waals surface area contributed by atoms with Crippen molar-refractivity contribution in [2.75, 3.05) is 12.8 Å². The molecular formula is C15H15N3O2. The van der Waals surface area contributed by atoms with Crippen molar-refractivity contribution < 1.29 is 9.53 Å². The molecule has 0 fully saturated rings. The summed E-state index contributed by atoms with van der Waals surface area (Å²) in [7, 11) is 1.53. The number of anilines is 1. The van der Waals surface area contributed by atoms with Gasteiger partial charge in [0.2, 0.25) is 5.78 Å². The molecule has 0 saturated carbocycles. The number of hydrogen-bond acceptors (Lipinski definition) is 5. The molecule has 0 aliphatic heterocycles. The van der Waals surface area contributed by atoms with E-state index in [0.717, 1.165) is 5.69 Å². The topological polar surface area (TPSA) is 89.1 Å². The Morgan fingerprint density at radius 2 is 2.05 bits per heavy atom. The molecule has 0 aliphatic rings. The van der Waals surface area contributed by atoms with Crippen molar-refractivity contribution in [1.29, 1.82) is 5.41 Å². The predicted molar refractivity (Wildman–Crippen MR) is 77.5 cm³/mol. The number of carbonyl (C=O) groups is 1. The standard InChI is InChI=1S/C15H15N3O2/c1-9-3-4-10(8-18-9)15(19)14(17)12-6-5-11(20-2)7-13(12)16/h3-8,17H,16H2,1-2H3. The number of nitrogens with zero attached hydrogens (tertiary/aromatic N) is 1. The van der Waals surface area contributed by atoms with Crippen LogP contribution in [0.3, 0.4) is 0 Å². The molecule has 0 aliphatic carbocycles. The van der Waals surface area contributed by atoms with Gasteiger partial charge >= 0.3 is 0 Å². The number of ether oxygens (including phenoxy) is 1. The van der Waals surface area contributed by atoms with Crippen molar-refractivity contribution in [3.8, 4) is 5.75 Å². The normalized spacial score (nSPS) is 10.1. The second-order valence-corrected chi connectivity index (χ2v) is 4.35. The number of ketones is 1. The molecule has 1 aromatic heterocycles. The molecule has 3 N–H and O–H groups in total. The van der Waals surface area contributed by atoms with E-state index in [1.807, 2.05) is 6.92 Å². The third-order valence-corrected chi connectivity index (χ3v) is 2.93. The summed E-state index contributed by atoms with van der Waals surface area (Å²) in [5.41, 5.74) is 7.60. The molecule has 0 amide bonds. The van der Waals surface area contributed by atoms with Gasteiger partial charge in [-0.25, -0.2) is 0 Å². The number of nitrogens with two attached hydrogens (primary N) is 1. The lowest BCUT2D eigenvalue weighted by atomic mass is 10.0. The zero-order chi connectivity index (χ0) is 14.7. The lowest BCUT2D eigenvalue weighted by molar-refractivity contribution is 0.106. The number of benzene rings is 1. The SMILES string of the molecule is COc1ccc(C(=N)C(=O)c2ccc(C)nc2)c(N)c1. The van der Waals surface area contributed by atoms with Crippen LogP contribution in [0.25, 0.3) is 0 Å². The van der Waals surface area contributed by atoms with Gasteiger partial charge in [-0.1, -0.05) is 0 Å². The van der Waals surface area contributed by atoms with Gasteiger partial charge in [0.25, 0.3) is 0 Å². The van der Waals surface area contributed by atoms with Crippen LogP contribution in [0.2, 0.25) is 0 Å². The van der Waals surface area contributed by atoms with Crippen LogP contribution in [0.1, 0.15) is 21.6 Å². The first-order chi connectivity index (χ1) is 9.52. The number of methoxy groups -OCH3 is 1. The van der Waals surface area contributed by atoms with Crippen LogP contribution in [0, 0.1) is 12.3 Å². The van der Waals surface area contributed by atoms with Crippen molar-refractivity contribution in [1.82, 2.24) is 4.98 Å². The third-order valence-electron chi connectivity index (χ3n) is 2.93. The first-order valence-electron chi connectivity index (χ1n) is 6.02. The summed E-state index contributed by atoms with van der Waals surface area (Å²) in [6, 6.07) is 8.25. The van der Waals surface area contributed by atoms with Crippen LogP contribution in [-0.4, -0.2) is 23.6 Å². The Bertz CT molecular complexity index is 663. The van der Waals surface area contributed by atoms with Crippen molar-refractivity contribution in [3.63, 3.8) is 0 Å². The Balaban J connectivity index is 2.31. The first kappa shape index (κ1) is 13.7. The predicted octanol–water partition coefficient (Wildman–Crippen LogP) is 2.23. The van der Waals surface area contributed by atoms with E-state index in [1.54, 1.807) is 30.3 Å². The zero-order valence-electron chi connectivity index (χ0n) is 11.3. The Hall–Kier alpha value is -2.69. The molecule has 0 unspecified atom stereocenters. The first-order valence-corrected chi connectivity index (χ1v) is 6.02.